The Hall–Kier alpha value is -0.920. The van der Waals surface area contributed by atoms with Gasteiger partial charge in [0.05, 0.1) is 0 Å². The first-order valence-electron chi connectivity index (χ1n) is 4.91. The molecule has 0 aromatic carbocycles. The summed E-state index contributed by atoms with van der Waals surface area (Å²) < 4.78 is 0. The number of hydrogen-bond donors (Lipinski definition) is 0. The lowest BCUT2D eigenvalue weighted by Gasteiger charge is -1.93. The van der Waals surface area contributed by atoms with Crippen LogP contribution in [0.15, 0.2) is 12.2 Å². The lowest BCUT2D eigenvalue weighted by molar-refractivity contribution is -0.122. The Morgan fingerprint density at radius 2 is 1.85 bits per heavy atom. The highest BCUT2D eigenvalue weighted by Crippen LogP contribution is 1.98. The van der Waals surface area contributed by atoms with Gasteiger partial charge in [0, 0.05) is 19.3 Å². The van der Waals surface area contributed by atoms with Gasteiger partial charge < -0.3 is 0 Å². The molecule has 0 fully saturated rings. The monoisotopic (exact) mass is 182 g/mol. The van der Waals surface area contributed by atoms with Crippen LogP contribution in [0.5, 0.6) is 0 Å². The predicted molar refractivity (Wildman–Crippen MR) is 53.6 cm³/mol. The van der Waals surface area contributed by atoms with Gasteiger partial charge in [-0.05, 0) is 12.5 Å². The zero-order chi connectivity index (χ0) is 10.1. The van der Waals surface area contributed by atoms with Gasteiger partial charge in [-0.1, -0.05) is 26.3 Å². The standard InChI is InChI=1S/C11H18O2/c1-3-5-6-7-11(13)9-8-10(12)4-2/h6-7H,3-5,8-9H2,1-2H3/b7-6+. The van der Waals surface area contributed by atoms with Crippen molar-refractivity contribution >= 4 is 11.6 Å². The summed E-state index contributed by atoms with van der Waals surface area (Å²) in [7, 11) is 0. The lowest BCUT2D eigenvalue weighted by atomic mass is 10.1. The van der Waals surface area contributed by atoms with Crippen molar-refractivity contribution in [2.24, 2.45) is 0 Å². The number of allylic oxidation sites excluding steroid dienone is 2. The molecule has 0 aliphatic carbocycles. The second-order valence-corrected chi connectivity index (χ2v) is 3.05. The van der Waals surface area contributed by atoms with Crippen LogP contribution in [0.1, 0.15) is 46.0 Å². The van der Waals surface area contributed by atoms with Crippen LogP contribution in [0.3, 0.4) is 0 Å². The maximum atomic E-state index is 11.1. The van der Waals surface area contributed by atoms with Gasteiger partial charge in [-0.15, -0.1) is 0 Å². The van der Waals surface area contributed by atoms with Gasteiger partial charge in [-0.3, -0.25) is 9.59 Å². The summed E-state index contributed by atoms with van der Waals surface area (Å²) >= 11 is 0. The molecule has 0 aromatic rings. The molecular weight excluding hydrogens is 164 g/mol. The van der Waals surface area contributed by atoms with E-state index in [-0.39, 0.29) is 11.6 Å². The Balaban J connectivity index is 3.57. The van der Waals surface area contributed by atoms with E-state index in [9.17, 15) is 9.59 Å². The van der Waals surface area contributed by atoms with Crippen molar-refractivity contribution in [3.63, 3.8) is 0 Å². The van der Waals surface area contributed by atoms with Crippen molar-refractivity contribution in [2.45, 2.75) is 46.0 Å². The van der Waals surface area contributed by atoms with E-state index < -0.39 is 0 Å². The van der Waals surface area contributed by atoms with Gasteiger partial charge in [-0.25, -0.2) is 0 Å². The van der Waals surface area contributed by atoms with Crippen molar-refractivity contribution in [1.82, 2.24) is 0 Å². The topological polar surface area (TPSA) is 34.1 Å². The molecule has 0 spiro atoms. The molecule has 0 rings (SSSR count). The molecule has 74 valence electrons. The van der Waals surface area contributed by atoms with Gasteiger partial charge in [0.2, 0.25) is 0 Å². The van der Waals surface area contributed by atoms with Crippen LogP contribution >= 0.6 is 0 Å². The molecule has 0 amide bonds. The number of rotatable bonds is 7. The Labute approximate surface area is 80.0 Å². The molecule has 0 radical (unpaired) electrons. The number of ketones is 2. The second kappa shape index (κ2) is 7.71. The quantitative estimate of drug-likeness (QED) is 0.567. The molecule has 13 heavy (non-hydrogen) atoms. The van der Waals surface area contributed by atoms with E-state index in [1.807, 2.05) is 13.0 Å². The minimum Gasteiger partial charge on any atom is -0.300 e. The predicted octanol–water partition coefficient (Wildman–Crippen LogP) is 2.67. The first-order valence-corrected chi connectivity index (χ1v) is 4.91. The largest absolute Gasteiger partial charge is 0.300 e. The summed E-state index contributed by atoms with van der Waals surface area (Å²) in [5.41, 5.74) is 0. The number of carbonyl (C=O) groups excluding carboxylic acids is 2. The fourth-order valence-corrected chi connectivity index (χ4v) is 0.904. The normalized spacial score (nSPS) is 10.6. The highest BCUT2D eigenvalue weighted by atomic mass is 16.1. The van der Waals surface area contributed by atoms with Gasteiger partial charge in [0.25, 0.3) is 0 Å². The summed E-state index contributed by atoms with van der Waals surface area (Å²) in [6.45, 7) is 3.88. The Kier molecular flexibility index (Phi) is 7.17. The minimum atomic E-state index is 0.0650. The maximum absolute atomic E-state index is 11.1. The molecule has 0 aliphatic heterocycles. The molecule has 2 heteroatoms. The van der Waals surface area contributed by atoms with Crippen LogP contribution in [0.25, 0.3) is 0 Å². The van der Waals surface area contributed by atoms with E-state index in [1.165, 1.54) is 0 Å². The fraction of sp³-hybridized carbons (Fsp3) is 0.636. The van der Waals surface area contributed by atoms with E-state index in [1.54, 1.807) is 6.08 Å². The van der Waals surface area contributed by atoms with E-state index in [2.05, 4.69) is 6.92 Å². The molecular formula is C11H18O2. The molecule has 2 nitrogen and oxygen atoms in total. The van der Waals surface area contributed by atoms with E-state index in [0.717, 1.165) is 12.8 Å². The number of hydrogen-bond acceptors (Lipinski definition) is 2. The third kappa shape index (κ3) is 7.44. The van der Waals surface area contributed by atoms with Gasteiger partial charge in [-0.2, -0.15) is 0 Å². The maximum Gasteiger partial charge on any atom is 0.155 e. The van der Waals surface area contributed by atoms with Crippen LogP contribution in [-0.2, 0) is 9.59 Å². The second-order valence-electron chi connectivity index (χ2n) is 3.05. The summed E-state index contributed by atoms with van der Waals surface area (Å²) in [6.07, 6.45) is 6.75. The van der Waals surface area contributed by atoms with Crippen LogP contribution in [0.2, 0.25) is 0 Å². The zero-order valence-corrected chi connectivity index (χ0v) is 8.51. The molecule has 0 atom stereocenters. The lowest BCUT2D eigenvalue weighted by Crippen LogP contribution is -2.00. The smallest absolute Gasteiger partial charge is 0.155 e. The van der Waals surface area contributed by atoms with Crippen molar-refractivity contribution in [3.8, 4) is 0 Å². The number of Topliss-reactive ketones (excluding diaryl/α,β-unsaturated/α-hetero) is 1. The van der Waals surface area contributed by atoms with Crippen molar-refractivity contribution in [2.75, 3.05) is 0 Å². The average molecular weight is 182 g/mol. The van der Waals surface area contributed by atoms with Crippen LogP contribution in [0.4, 0.5) is 0 Å². The Morgan fingerprint density at radius 1 is 1.15 bits per heavy atom. The molecule has 0 bridgehead atoms. The Bertz CT molecular complexity index is 192. The SMILES string of the molecule is CCC/C=C/C(=O)CCC(=O)CC. The summed E-state index contributed by atoms with van der Waals surface area (Å²) in [5.74, 6) is 0.229. The summed E-state index contributed by atoms with van der Waals surface area (Å²) in [5, 5.41) is 0. The third-order valence-corrected chi connectivity index (χ3v) is 1.80. The highest BCUT2D eigenvalue weighted by molar-refractivity contribution is 5.92. The fourth-order valence-electron chi connectivity index (χ4n) is 0.904. The van der Waals surface area contributed by atoms with E-state index >= 15 is 0 Å². The molecule has 0 unspecified atom stereocenters. The van der Waals surface area contributed by atoms with E-state index in [4.69, 9.17) is 0 Å². The van der Waals surface area contributed by atoms with Crippen molar-refractivity contribution < 1.29 is 9.59 Å². The molecule has 0 saturated heterocycles. The van der Waals surface area contributed by atoms with Crippen LogP contribution in [-0.4, -0.2) is 11.6 Å². The minimum absolute atomic E-state index is 0.0650. The summed E-state index contributed by atoms with van der Waals surface area (Å²) in [6, 6.07) is 0. The third-order valence-electron chi connectivity index (χ3n) is 1.80. The van der Waals surface area contributed by atoms with Crippen molar-refractivity contribution in [1.29, 1.82) is 0 Å². The molecule has 0 heterocycles. The van der Waals surface area contributed by atoms with Gasteiger partial charge in [0.1, 0.15) is 5.78 Å². The molecule has 0 aliphatic rings. The zero-order valence-electron chi connectivity index (χ0n) is 8.51. The molecule has 0 aromatic heterocycles. The van der Waals surface area contributed by atoms with Crippen LogP contribution < -0.4 is 0 Å². The molecule has 0 N–H and O–H groups in total. The van der Waals surface area contributed by atoms with Crippen LogP contribution in [0, 0.1) is 0 Å². The molecule has 0 saturated carbocycles. The van der Waals surface area contributed by atoms with E-state index in [0.29, 0.717) is 19.3 Å². The van der Waals surface area contributed by atoms with Gasteiger partial charge >= 0.3 is 0 Å². The first kappa shape index (κ1) is 12.1. The summed E-state index contributed by atoms with van der Waals surface area (Å²) in [4.78, 5) is 22.0. The first-order chi connectivity index (χ1) is 6.20. The average Bonchev–Trinajstić information content (AvgIpc) is 2.14. The number of unbranched alkanes of at least 4 members (excludes halogenated alkanes) is 1. The number of carbonyl (C=O) groups is 2. The Morgan fingerprint density at radius 3 is 2.38 bits per heavy atom. The highest BCUT2D eigenvalue weighted by Gasteiger charge is 2.01. The van der Waals surface area contributed by atoms with Gasteiger partial charge in [0.15, 0.2) is 5.78 Å². The van der Waals surface area contributed by atoms with Crippen molar-refractivity contribution in [3.05, 3.63) is 12.2 Å².